The lowest BCUT2D eigenvalue weighted by Gasteiger charge is -2.16. The molecule has 5 heteroatoms. The van der Waals surface area contributed by atoms with Gasteiger partial charge < -0.3 is 9.88 Å². The molecule has 0 spiro atoms. The third-order valence-electron chi connectivity index (χ3n) is 3.17. The Bertz CT molecular complexity index is 762. The lowest BCUT2D eigenvalue weighted by Crippen LogP contribution is -2.25. The Labute approximate surface area is 125 Å². The molecule has 20 heavy (non-hydrogen) atoms. The van der Waals surface area contributed by atoms with E-state index in [-0.39, 0.29) is 5.91 Å². The fraction of sp³-hybridized carbons (Fsp3) is 0.133. The normalized spacial score (nSPS) is 10.9. The first-order valence-electron chi connectivity index (χ1n) is 6.20. The van der Waals surface area contributed by atoms with Crippen molar-refractivity contribution in [1.29, 1.82) is 0 Å². The molecule has 0 saturated heterocycles. The Morgan fingerprint density at radius 3 is 2.90 bits per heavy atom. The maximum Gasteiger partial charge on any atom is 0.253 e. The van der Waals surface area contributed by atoms with Crippen molar-refractivity contribution in [2.75, 3.05) is 7.05 Å². The summed E-state index contributed by atoms with van der Waals surface area (Å²) in [5.74, 6) is 0.0117. The number of nitrogens with one attached hydrogen (secondary N) is 1. The molecule has 3 nitrogen and oxygen atoms in total. The molecule has 1 aromatic carbocycles. The zero-order chi connectivity index (χ0) is 14.1. The van der Waals surface area contributed by atoms with E-state index in [2.05, 4.69) is 4.98 Å². The molecule has 0 unspecified atom stereocenters. The summed E-state index contributed by atoms with van der Waals surface area (Å²) in [7, 11) is 1.80. The topological polar surface area (TPSA) is 36.1 Å². The second-order valence-electron chi connectivity index (χ2n) is 4.65. The lowest BCUT2D eigenvalue weighted by atomic mass is 10.1. The van der Waals surface area contributed by atoms with Gasteiger partial charge in [-0.15, -0.1) is 11.3 Å². The number of H-pyrrole nitrogens is 1. The molecule has 3 aromatic rings. The molecule has 0 bridgehead atoms. The summed E-state index contributed by atoms with van der Waals surface area (Å²) in [6, 6.07) is 11.5. The lowest BCUT2D eigenvalue weighted by molar-refractivity contribution is 0.0786. The van der Waals surface area contributed by atoms with Gasteiger partial charge in [-0.2, -0.15) is 0 Å². The van der Waals surface area contributed by atoms with Crippen LogP contribution >= 0.6 is 22.9 Å². The van der Waals surface area contributed by atoms with E-state index >= 15 is 0 Å². The molecule has 3 rings (SSSR count). The number of hydrogen-bond donors (Lipinski definition) is 1. The third kappa shape index (κ3) is 2.57. The van der Waals surface area contributed by atoms with Gasteiger partial charge >= 0.3 is 0 Å². The van der Waals surface area contributed by atoms with Crippen LogP contribution in [0.15, 0.2) is 42.6 Å². The Hall–Kier alpha value is -1.78. The molecule has 0 fully saturated rings. The number of thiophene rings is 1. The predicted molar refractivity (Wildman–Crippen MR) is 83.4 cm³/mol. The van der Waals surface area contributed by atoms with Crippen LogP contribution < -0.4 is 0 Å². The average molecular weight is 305 g/mol. The van der Waals surface area contributed by atoms with E-state index < -0.39 is 0 Å². The molecule has 2 aromatic heterocycles. The van der Waals surface area contributed by atoms with Crippen LogP contribution in [0.1, 0.15) is 15.2 Å². The minimum atomic E-state index is 0.0117. The molecular formula is C15H13ClN2OS. The first-order valence-corrected chi connectivity index (χ1v) is 7.40. The number of aromatic nitrogens is 1. The zero-order valence-corrected chi connectivity index (χ0v) is 12.5. The van der Waals surface area contributed by atoms with E-state index in [4.69, 9.17) is 11.6 Å². The molecule has 102 valence electrons. The van der Waals surface area contributed by atoms with Gasteiger partial charge in [-0.25, -0.2) is 0 Å². The van der Waals surface area contributed by atoms with Crippen LogP contribution in [0.4, 0.5) is 0 Å². The fourth-order valence-corrected chi connectivity index (χ4v) is 3.29. The standard InChI is InChI=1S/C15H13ClN2OS/c1-18(9-12-3-5-14(16)20-12)15(19)11-2-4-13-10(8-11)6-7-17-13/h2-8,17H,9H2,1H3. The van der Waals surface area contributed by atoms with Crippen molar-refractivity contribution in [2.45, 2.75) is 6.54 Å². The minimum Gasteiger partial charge on any atom is -0.361 e. The van der Waals surface area contributed by atoms with Crippen molar-refractivity contribution >= 4 is 39.7 Å². The number of rotatable bonds is 3. The summed E-state index contributed by atoms with van der Waals surface area (Å²) in [5.41, 5.74) is 1.73. The van der Waals surface area contributed by atoms with Crippen molar-refractivity contribution in [3.05, 3.63) is 57.4 Å². The van der Waals surface area contributed by atoms with E-state index in [0.717, 1.165) is 20.1 Å². The number of benzene rings is 1. The second-order valence-corrected chi connectivity index (χ2v) is 6.45. The maximum atomic E-state index is 12.4. The highest BCUT2D eigenvalue weighted by molar-refractivity contribution is 7.16. The van der Waals surface area contributed by atoms with Crippen molar-refractivity contribution in [3.8, 4) is 0 Å². The van der Waals surface area contributed by atoms with Crippen molar-refractivity contribution in [3.63, 3.8) is 0 Å². The van der Waals surface area contributed by atoms with Crippen LogP contribution in [0.25, 0.3) is 10.9 Å². The van der Waals surface area contributed by atoms with E-state index in [1.165, 1.54) is 11.3 Å². The van der Waals surface area contributed by atoms with Gasteiger partial charge in [0, 0.05) is 34.6 Å². The SMILES string of the molecule is CN(Cc1ccc(Cl)s1)C(=O)c1ccc2[nH]ccc2c1. The Morgan fingerprint density at radius 1 is 1.30 bits per heavy atom. The van der Waals surface area contributed by atoms with Crippen molar-refractivity contribution < 1.29 is 4.79 Å². The highest BCUT2D eigenvalue weighted by Crippen LogP contribution is 2.23. The predicted octanol–water partition coefficient (Wildman–Crippen LogP) is 4.16. The molecule has 2 heterocycles. The van der Waals surface area contributed by atoms with Gasteiger partial charge in [0.05, 0.1) is 10.9 Å². The van der Waals surface area contributed by atoms with E-state index in [9.17, 15) is 4.79 Å². The van der Waals surface area contributed by atoms with Gasteiger partial charge in [-0.05, 0) is 36.4 Å². The molecule has 0 aliphatic rings. The van der Waals surface area contributed by atoms with Gasteiger partial charge in [0.15, 0.2) is 0 Å². The summed E-state index contributed by atoms with van der Waals surface area (Å²) >= 11 is 7.40. The monoisotopic (exact) mass is 304 g/mol. The van der Waals surface area contributed by atoms with Crippen LogP contribution in [-0.2, 0) is 6.54 Å². The third-order valence-corrected chi connectivity index (χ3v) is 4.38. The molecule has 0 radical (unpaired) electrons. The number of halogens is 1. The van der Waals surface area contributed by atoms with Crippen molar-refractivity contribution in [1.82, 2.24) is 9.88 Å². The van der Waals surface area contributed by atoms with Crippen LogP contribution in [-0.4, -0.2) is 22.8 Å². The van der Waals surface area contributed by atoms with Gasteiger partial charge in [-0.1, -0.05) is 11.6 Å². The quantitative estimate of drug-likeness (QED) is 0.775. The summed E-state index contributed by atoms with van der Waals surface area (Å²) in [6.45, 7) is 0.571. The van der Waals surface area contributed by atoms with Gasteiger partial charge in [0.2, 0.25) is 0 Å². The summed E-state index contributed by atoms with van der Waals surface area (Å²) in [6.07, 6.45) is 1.87. The second kappa shape index (κ2) is 5.31. The minimum absolute atomic E-state index is 0.0117. The Balaban J connectivity index is 1.80. The summed E-state index contributed by atoms with van der Waals surface area (Å²) in [4.78, 5) is 18.3. The number of hydrogen-bond acceptors (Lipinski definition) is 2. The number of carbonyl (C=O) groups excluding carboxylic acids is 1. The Morgan fingerprint density at radius 2 is 2.15 bits per heavy atom. The smallest absolute Gasteiger partial charge is 0.253 e. The average Bonchev–Trinajstić information content (AvgIpc) is 3.05. The molecule has 1 N–H and O–H groups in total. The fourth-order valence-electron chi connectivity index (χ4n) is 2.15. The molecular weight excluding hydrogens is 292 g/mol. The first-order chi connectivity index (χ1) is 9.63. The number of fused-ring (bicyclic) bond motifs is 1. The van der Waals surface area contributed by atoms with Crippen LogP contribution in [0.2, 0.25) is 4.34 Å². The van der Waals surface area contributed by atoms with Gasteiger partial charge in [0.1, 0.15) is 0 Å². The molecule has 0 aliphatic carbocycles. The first kappa shape index (κ1) is 13.2. The maximum absolute atomic E-state index is 12.4. The number of aromatic amines is 1. The zero-order valence-electron chi connectivity index (χ0n) is 10.9. The van der Waals surface area contributed by atoms with Crippen molar-refractivity contribution in [2.24, 2.45) is 0 Å². The molecule has 0 aliphatic heterocycles. The van der Waals surface area contributed by atoms with E-state index in [1.54, 1.807) is 11.9 Å². The summed E-state index contributed by atoms with van der Waals surface area (Å²) in [5, 5.41) is 1.04. The Kier molecular flexibility index (Phi) is 3.51. The van der Waals surface area contributed by atoms with Gasteiger partial charge in [0.25, 0.3) is 5.91 Å². The largest absolute Gasteiger partial charge is 0.361 e. The molecule has 0 atom stereocenters. The number of amides is 1. The molecule has 0 saturated carbocycles. The highest BCUT2D eigenvalue weighted by Gasteiger charge is 2.13. The van der Waals surface area contributed by atoms with E-state index in [1.807, 2.05) is 42.6 Å². The number of carbonyl (C=O) groups is 1. The van der Waals surface area contributed by atoms with Gasteiger partial charge in [-0.3, -0.25) is 4.79 Å². The van der Waals surface area contributed by atoms with Crippen LogP contribution in [0.3, 0.4) is 0 Å². The van der Waals surface area contributed by atoms with Crippen LogP contribution in [0.5, 0.6) is 0 Å². The van der Waals surface area contributed by atoms with Crippen LogP contribution in [0, 0.1) is 0 Å². The number of nitrogens with zero attached hydrogens (tertiary/aromatic N) is 1. The summed E-state index contributed by atoms with van der Waals surface area (Å²) < 4.78 is 0.745. The molecule has 1 amide bonds. The van der Waals surface area contributed by atoms with E-state index in [0.29, 0.717) is 12.1 Å². The highest BCUT2D eigenvalue weighted by atomic mass is 35.5.